The van der Waals surface area contributed by atoms with Crippen molar-refractivity contribution in [3.63, 3.8) is 0 Å². The van der Waals surface area contributed by atoms with Gasteiger partial charge in [0.05, 0.1) is 6.10 Å². The molecular weight excluding hydrogens is 259 g/mol. The maximum Gasteiger partial charge on any atom is 0.126 e. The van der Waals surface area contributed by atoms with Crippen molar-refractivity contribution in [2.75, 3.05) is 5.75 Å². The van der Waals surface area contributed by atoms with E-state index in [4.69, 9.17) is 0 Å². The van der Waals surface area contributed by atoms with Gasteiger partial charge >= 0.3 is 0 Å². The van der Waals surface area contributed by atoms with Gasteiger partial charge in [0, 0.05) is 10.6 Å². The normalized spacial score (nSPS) is 12.4. The average Bonchev–Trinajstić information content (AvgIpc) is 2.40. The molecular formula is C16H17FOS. The van der Waals surface area contributed by atoms with E-state index < -0.39 is 6.10 Å². The first-order chi connectivity index (χ1) is 9.08. The minimum Gasteiger partial charge on any atom is -0.388 e. The number of aliphatic hydroxyl groups excluding tert-OH is 1. The maximum absolute atomic E-state index is 13.2. The van der Waals surface area contributed by atoms with Crippen LogP contribution in [0.25, 0.3) is 0 Å². The average molecular weight is 276 g/mol. The highest BCUT2D eigenvalue weighted by Gasteiger charge is 2.10. The molecule has 2 rings (SSSR count). The molecule has 19 heavy (non-hydrogen) atoms. The van der Waals surface area contributed by atoms with Crippen LogP contribution < -0.4 is 0 Å². The van der Waals surface area contributed by atoms with Crippen LogP contribution in [0.1, 0.15) is 22.8 Å². The molecule has 1 unspecified atom stereocenters. The predicted octanol–water partition coefficient (Wildman–Crippen LogP) is 4.27. The fourth-order valence-corrected chi connectivity index (χ4v) is 2.86. The summed E-state index contributed by atoms with van der Waals surface area (Å²) in [6, 6.07) is 12.8. The molecule has 1 nitrogen and oxygen atoms in total. The summed E-state index contributed by atoms with van der Waals surface area (Å²) in [6.07, 6.45) is -0.580. The number of aliphatic hydroxyl groups is 1. The van der Waals surface area contributed by atoms with Crippen molar-refractivity contribution in [3.8, 4) is 0 Å². The highest BCUT2D eigenvalue weighted by Crippen LogP contribution is 2.27. The molecule has 100 valence electrons. The van der Waals surface area contributed by atoms with Gasteiger partial charge < -0.3 is 5.11 Å². The smallest absolute Gasteiger partial charge is 0.126 e. The van der Waals surface area contributed by atoms with Gasteiger partial charge in [-0.2, -0.15) is 0 Å². The van der Waals surface area contributed by atoms with Crippen molar-refractivity contribution in [2.24, 2.45) is 0 Å². The Morgan fingerprint density at radius 2 is 1.84 bits per heavy atom. The minimum atomic E-state index is -0.580. The van der Waals surface area contributed by atoms with E-state index in [2.05, 4.69) is 13.0 Å². The standard InChI is InChI=1S/C16H17FOS/c1-11-5-3-4-6-16(11)19-10-15(18)13-7-8-14(17)12(2)9-13/h3-9,15,18H,10H2,1-2H3. The third-order valence-electron chi connectivity index (χ3n) is 3.06. The topological polar surface area (TPSA) is 20.2 Å². The minimum absolute atomic E-state index is 0.234. The highest BCUT2D eigenvalue weighted by molar-refractivity contribution is 7.99. The van der Waals surface area contributed by atoms with Crippen LogP contribution in [0.5, 0.6) is 0 Å². The van der Waals surface area contributed by atoms with Gasteiger partial charge in [-0.25, -0.2) is 4.39 Å². The molecule has 0 aromatic heterocycles. The molecule has 0 heterocycles. The molecule has 0 spiro atoms. The van der Waals surface area contributed by atoms with Gasteiger partial charge in [0.25, 0.3) is 0 Å². The molecule has 2 aromatic carbocycles. The predicted molar refractivity (Wildman–Crippen MR) is 78.0 cm³/mol. The lowest BCUT2D eigenvalue weighted by Gasteiger charge is -2.12. The second kappa shape index (κ2) is 6.22. The third kappa shape index (κ3) is 3.58. The summed E-state index contributed by atoms with van der Waals surface area (Å²) >= 11 is 1.62. The molecule has 1 N–H and O–H groups in total. The molecule has 0 saturated carbocycles. The van der Waals surface area contributed by atoms with Crippen LogP contribution in [-0.2, 0) is 0 Å². The fraction of sp³-hybridized carbons (Fsp3) is 0.250. The largest absolute Gasteiger partial charge is 0.388 e. The first-order valence-electron chi connectivity index (χ1n) is 6.20. The SMILES string of the molecule is Cc1cc(C(O)CSc2ccccc2C)ccc1F. The van der Waals surface area contributed by atoms with Crippen molar-refractivity contribution in [2.45, 2.75) is 24.8 Å². The van der Waals surface area contributed by atoms with E-state index >= 15 is 0 Å². The molecule has 0 aliphatic heterocycles. The van der Waals surface area contributed by atoms with Crippen LogP contribution in [0.3, 0.4) is 0 Å². The quantitative estimate of drug-likeness (QED) is 0.842. The molecule has 0 fully saturated rings. The van der Waals surface area contributed by atoms with E-state index in [0.717, 1.165) is 5.56 Å². The summed E-state index contributed by atoms with van der Waals surface area (Å²) in [7, 11) is 0. The summed E-state index contributed by atoms with van der Waals surface area (Å²) in [6.45, 7) is 3.76. The van der Waals surface area contributed by atoms with Crippen molar-refractivity contribution < 1.29 is 9.50 Å². The molecule has 0 radical (unpaired) electrons. The summed E-state index contributed by atoms with van der Waals surface area (Å²) in [5, 5.41) is 10.1. The van der Waals surface area contributed by atoms with Gasteiger partial charge in [0.15, 0.2) is 0 Å². The van der Waals surface area contributed by atoms with Crippen LogP contribution in [0, 0.1) is 19.7 Å². The fourth-order valence-electron chi connectivity index (χ4n) is 1.86. The summed E-state index contributed by atoms with van der Waals surface area (Å²) in [4.78, 5) is 1.17. The van der Waals surface area contributed by atoms with Gasteiger partial charge in [-0.05, 0) is 42.7 Å². The van der Waals surface area contributed by atoms with Gasteiger partial charge in [0.2, 0.25) is 0 Å². The zero-order valence-electron chi connectivity index (χ0n) is 11.1. The summed E-state index contributed by atoms with van der Waals surface area (Å²) in [5.74, 6) is 0.332. The number of thioether (sulfide) groups is 1. The van der Waals surface area contributed by atoms with Crippen molar-refractivity contribution >= 4 is 11.8 Å². The monoisotopic (exact) mass is 276 g/mol. The molecule has 3 heteroatoms. The molecule has 0 bridgehead atoms. The van der Waals surface area contributed by atoms with Crippen LogP contribution in [-0.4, -0.2) is 10.9 Å². The second-order valence-corrected chi connectivity index (χ2v) is 5.66. The summed E-state index contributed by atoms with van der Waals surface area (Å²) < 4.78 is 13.2. The number of hydrogen-bond donors (Lipinski definition) is 1. The Morgan fingerprint density at radius 1 is 1.11 bits per heavy atom. The second-order valence-electron chi connectivity index (χ2n) is 4.60. The molecule has 1 atom stereocenters. The lowest BCUT2D eigenvalue weighted by Crippen LogP contribution is -2.01. The van der Waals surface area contributed by atoms with Crippen molar-refractivity contribution in [3.05, 3.63) is 65.0 Å². The van der Waals surface area contributed by atoms with Gasteiger partial charge in [-0.3, -0.25) is 0 Å². The zero-order valence-corrected chi connectivity index (χ0v) is 11.9. The molecule has 2 aromatic rings. The van der Waals surface area contributed by atoms with Gasteiger partial charge in [-0.1, -0.05) is 30.3 Å². The molecule has 0 aliphatic carbocycles. The van der Waals surface area contributed by atoms with Gasteiger partial charge in [0.1, 0.15) is 5.82 Å². The number of aryl methyl sites for hydroxylation is 2. The number of hydrogen-bond acceptors (Lipinski definition) is 2. The first-order valence-corrected chi connectivity index (χ1v) is 7.19. The van der Waals surface area contributed by atoms with E-state index in [1.165, 1.54) is 16.5 Å². The molecule has 0 saturated heterocycles. The Morgan fingerprint density at radius 3 is 2.53 bits per heavy atom. The number of halogens is 1. The lowest BCUT2D eigenvalue weighted by atomic mass is 10.1. The molecule has 0 aliphatic rings. The zero-order chi connectivity index (χ0) is 13.8. The highest BCUT2D eigenvalue weighted by atomic mass is 32.2. The van der Waals surface area contributed by atoms with E-state index in [0.29, 0.717) is 11.3 Å². The Balaban J connectivity index is 2.03. The molecule has 0 amide bonds. The van der Waals surface area contributed by atoms with Crippen molar-refractivity contribution in [1.29, 1.82) is 0 Å². The lowest BCUT2D eigenvalue weighted by molar-refractivity contribution is 0.204. The number of benzene rings is 2. The Bertz CT molecular complexity index is 568. The van der Waals surface area contributed by atoms with Gasteiger partial charge in [-0.15, -0.1) is 11.8 Å². The van der Waals surface area contributed by atoms with E-state index in [-0.39, 0.29) is 5.82 Å². The summed E-state index contributed by atoms with van der Waals surface area (Å²) in [5.41, 5.74) is 2.53. The maximum atomic E-state index is 13.2. The Kier molecular flexibility index (Phi) is 4.61. The van der Waals surface area contributed by atoms with E-state index in [1.807, 2.05) is 18.2 Å². The van der Waals surface area contributed by atoms with E-state index in [1.54, 1.807) is 30.8 Å². The first kappa shape index (κ1) is 14.1. The van der Waals surface area contributed by atoms with Crippen LogP contribution in [0.2, 0.25) is 0 Å². The van der Waals surface area contributed by atoms with E-state index in [9.17, 15) is 9.50 Å². The van der Waals surface area contributed by atoms with Crippen molar-refractivity contribution in [1.82, 2.24) is 0 Å². The Labute approximate surface area is 117 Å². The van der Waals surface area contributed by atoms with Crippen LogP contribution in [0.15, 0.2) is 47.4 Å². The third-order valence-corrected chi connectivity index (χ3v) is 4.31. The number of rotatable bonds is 4. The Hall–Kier alpha value is -1.32. The van der Waals surface area contributed by atoms with Crippen LogP contribution in [0.4, 0.5) is 4.39 Å². The van der Waals surface area contributed by atoms with Crippen LogP contribution >= 0.6 is 11.8 Å².